The first-order valence-electron chi connectivity index (χ1n) is 6.93. The van der Waals surface area contributed by atoms with Gasteiger partial charge in [0.1, 0.15) is 0 Å². The fourth-order valence-corrected chi connectivity index (χ4v) is 2.10. The number of hydrogen-bond donors (Lipinski definition) is 0. The van der Waals surface area contributed by atoms with Crippen LogP contribution in [0.3, 0.4) is 0 Å². The number of ether oxygens (including phenoxy) is 2. The Morgan fingerprint density at radius 2 is 1.62 bits per heavy atom. The molecule has 0 saturated carbocycles. The maximum Gasteiger partial charge on any atom is 0.158 e. The molecule has 0 spiro atoms. The molecule has 2 nitrogen and oxygen atoms in total. The van der Waals surface area contributed by atoms with Crippen LogP contribution in [0.5, 0.6) is 0 Å². The average molecular weight is 227 g/mol. The molecule has 1 rings (SSSR count). The van der Waals surface area contributed by atoms with Gasteiger partial charge >= 0.3 is 0 Å². The van der Waals surface area contributed by atoms with Crippen LogP contribution in [0.1, 0.15) is 64.7 Å². The summed E-state index contributed by atoms with van der Waals surface area (Å²) >= 11 is 0. The van der Waals surface area contributed by atoms with E-state index in [1.54, 1.807) is 0 Å². The molecule has 0 bridgehead atoms. The second-order valence-corrected chi connectivity index (χ2v) is 4.78. The van der Waals surface area contributed by atoms with Crippen LogP contribution in [0.15, 0.2) is 0 Å². The van der Waals surface area contributed by atoms with Crippen molar-refractivity contribution in [3.05, 3.63) is 6.92 Å². The first-order valence-corrected chi connectivity index (χ1v) is 6.93. The first kappa shape index (κ1) is 14.0. The molecule has 0 aromatic heterocycles. The first-order chi connectivity index (χ1) is 7.83. The van der Waals surface area contributed by atoms with Gasteiger partial charge in [-0.1, -0.05) is 51.9 Å². The van der Waals surface area contributed by atoms with Crippen molar-refractivity contribution < 1.29 is 9.47 Å². The molecule has 1 aliphatic rings. The zero-order chi connectivity index (χ0) is 11.6. The Bertz CT molecular complexity index is 159. The van der Waals surface area contributed by atoms with Crippen LogP contribution in [-0.2, 0) is 9.47 Å². The van der Waals surface area contributed by atoms with E-state index in [4.69, 9.17) is 9.47 Å². The van der Waals surface area contributed by atoms with Gasteiger partial charge in [-0.05, 0) is 19.8 Å². The average Bonchev–Trinajstić information content (AvgIpc) is 2.68. The molecular weight excluding hydrogens is 200 g/mol. The van der Waals surface area contributed by atoms with Gasteiger partial charge in [-0.2, -0.15) is 0 Å². The number of unbranched alkanes of at least 4 members (excludes halogenated alkanes) is 7. The molecule has 1 fully saturated rings. The lowest BCUT2D eigenvalue weighted by atomic mass is 10.1. The maximum absolute atomic E-state index is 5.49. The molecule has 1 aliphatic heterocycles. The summed E-state index contributed by atoms with van der Waals surface area (Å²) in [4.78, 5) is 0. The highest BCUT2D eigenvalue weighted by atomic mass is 16.7. The van der Waals surface area contributed by atoms with Gasteiger partial charge in [-0.3, -0.25) is 0 Å². The molecule has 1 heterocycles. The third-order valence-electron chi connectivity index (χ3n) is 3.11. The van der Waals surface area contributed by atoms with Crippen LogP contribution < -0.4 is 0 Å². The summed E-state index contributed by atoms with van der Waals surface area (Å²) in [6, 6.07) is 0. The summed E-state index contributed by atoms with van der Waals surface area (Å²) < 4.78 is 10.9. The van der Waals surface area contributed by atoms with Crippen LogP contribution in [0, 0.1) is 6.92 Å². The van der Waals surface area contributed by atoms with Crippen LogP contribution in [-0.4, -0.2) is 19.0 Å². The lowest BCUT2D eigenvalue weighted by Crippen LogP contribution is -2.09. The van der Waals surface area contributed by atoms with E-state index < -0.39 is 0 Å². The predicted octanol–water partition coefficient (Wildman–Crippen LogP) is 4.09. The summed E-state index contributed by atoms with van der Waals surface area (Å²) in [6.45, 7) is 6.76. The van der Waals surface area contributed by atoms with Crippen LogP contribution in [0.2, 0.25) is 0 Å². The maximum atomic E-state index is 5.49. The highest BCUT2D eigenvalue weighted by Gasteiger charge is 2.21. The van der Waals surface area contributed by atoms with Crippen molar-refractivity contribution >= 4 is 0 Å². The van der Waals surface area contributed by atoms with Crippen LogP contribution in [0.4, 0.5) is 0 Å². The van der Waals surface area contributed by atoms with Crippen molar-refractivity contribution in [2.75, 3.05) is 6.61 Å². The van der Waals surface area contributed by atoms with E-state index in [2.05, 4.69) is 13.8 Å². The van der Waals surface area contributed by atoms with Gasteiger partial charge in [0.25, 0.3) is 0 Å². The normalized spacial score (nSPS) is 25.1. The smallest absolute Gasteiger partial charge is 0.158 e. The van der Waals surface area contributed by atoms with Crippen LogP contribution in [0.25, 0.3) is 0 Å². The standard InChI is InChI=1S/C14H27O2/c1-3-4-5-6-7-8-9-10-11-14-15-12-13(2)16-14/h13-14H,2-12H2,1H3. The largest absolute Gasteiger partial charge is 0.350 e. The minimum atomic E-state index is 0.0302. The van der Waals surface area contributed by atoms with Gasteiger partial charge in [-0.25, -0.2) is 0 Å². The van der Waals surface area contributed by atoms with E-state index in [1.807, 2.05) is 0 Å². The van der Waals surface area contributed by atoms with E-state index in [-0.39, 0.29) is 12.4 Å². The predicted molar refractivity (Wildman–Crippen MR) is 67.2 cm³/mol. The number of rotatable bonds is 9. The minimum absolute atomic E-state index is 0.0302. The summed E-state index contributed by atoms with van der Waals surface area (Å²) in [5.74, 6) is 0. The Balaban J connectivity index is 1.78. The van der Waals surface area contributed by atoms with Crippen molar-refractivity contribution in [2.24, 2.45) is 0 Å². The van der Waals surface area contributed by atoms with E-state index >= 15 is 0 Å². The van der Waals surface area contributed by atoms with Crippen molar-refractivity contribution in [1.82, 2.24) is 0 Å². The minimum Gasteiger partial charge on any atom is -0.350 e. The molecule has 0 N–H and O–H groups in total. The lowest BCUT2D eigenvalue weighted by Gasteiger charge is -2.09. The third-order valence-corrected chi connectivity index (χ3v) is 3.11. The van der Waals surface area contributed by atoms with Crippen molar-refractivity contribution in [2.45, 2.75) is 77.1 Å². The van der Waals surface area contributed by atoms with Crippen molar-refractivity contribution in [3.63, 3.8) is 0 Å². The molecule has 16 heavy (non-hydrogen) atoms. The lowest BCUT2D eigenvalue weighted by molar-refractivity contribution is -0.0570. The van der Waals surface area contributed by atoms with Gasteiger partial charge in [0, 0.05) is 0 Å². The quantitative estimate of drug-likeness (QED) is 0.552. The molecular formula is C14H27O2. The fourth-order valence-electron chi connectivity index (χ4n) is 2.10. The van der Waals surface area contributed by atoms with E-state index in [1.165, 1.54) is 51.4 Å². The molecule has 0 aromatic carbocycles. The number of hydrogen-bond acceptors (Lipinski definition) is 2. The molecule has 2 atom stereocenters. The van der Waals surface area contributed by atoms with E-state index in [0.717, 1.165) is 6.42 Å². The van der Waals surface area contributed by atoms with Gasteiger partial charge in [0.05, 0.1) is 12.7 Å². The Morgan fingerprint density at radius 3 is 2.19 bits per heavy atom. The van der Waals surface area contributed by atoms with Crippen molar-refractivity contribution in [1.29, 1.82) is 0 Å². The monoisotopic (exact) mass is 227 g/mol. The van der Waals surface area contributed by atoms with E-state index in [9.17, 15) is 0 Å². The molecule has 1 radical (unpaired) electrons. The van der Waals surface area contributed by atoms with Gasteiger partial charge in [0.2, 0.25) is 0 Å². The Morgan fingerprint density at radius 1 is 1.00 bits per heavy atom. The molecule has 0 amide bonds. The zero-order valence-corrected chi connectivity index (χ0v) is 10.7. The van der Waals surface area contributed by atoms with Gasteiger partial charge < -0.3 is 9.47 Å². The molecule has 0 aliphatic carbocycles. The van der Waals surface area contributed by atoms with E-state index in [0.29, 0.717) is 6.61 Å². The summed E-state index contributed by atoms with van der Waals surface area (Å²) in [5, 5.41) is 0. The van der Waals surface area contributed by atoms with Crippen molar-refractivity contribution in [3.8, 4) is 0 Å². The summed E-state index contributed by atoms with van der Waals surface area (Å²) in [6.07, 6.45) is 12.0. The third kappa shape index (κ3) is 6.49. The molecule has 95 valence electrons. The fraction of sp³-hybridized carbons (Fsp3) is 0.929. The highest BCUT2D eigenvalue weighted by molar-refractivity contribution is 4.66. The Kier molecular flexibility index (Phi) is 7.87. The second kappa shape index (κ2) is 9.00. The summed E-state index contributed by atoms with van der Waals surface area (Å²) in [7, 11) is 0. The highest BCUT2D eigenvalue weighted by Crippen LogP contribution is 2.17. The second-order valence-electron chi connectivity index (χ2n) is 4.78. The molecule has 1 saturated heterocycles. The zero-order valence-electron chi connectivity index (χ0n) is 10.7. The van der Waals surface area contributed by atoms with Crippen LogP contribution >= 0.6 is 0 Å². The molecule has 0 aromatic rings. The molecule has 2 unspecified atom stereocenters. The topological polar surface area (TPSA) is 18.5 Å². The Labute approximate surface area is 101 Å². The Hall–Kier alpha value is -0.0800. The summed E-state index contributed by atoms with van der Waals surface area (Å²) in [5.41, 5.74) is 0. The SMILES string of the molecule is [CH2]C1COC(CCCCCCCCCC)O1. The van der Waals surface area contributed by atoms with Gasteiger partial charge in [-0.15, -0.1) is 0 Å². The van der Waals surface area contributed by atoms with Gasteiger partial charge in [0.15, 0.2) is 6.29 Å². The molecule has 2 heteroatoms.